The molecule has 7 nitrogen and oxygen atoms in total. The number of carboxylic acids is 1. The van der Waals surface area contributed by atoms with E-state index in [1.54, 1.807) is 13.8 Å². The molecule has 0 heterocycles. The van der Waals surface area contributed by atoms with Crippen molar-refractivity contribution in [1.82, 2.24) is 0 Å². The molecule has 0 aromatic heterocycles. The fraction of sp³-hybridized carbons (Fsp3) is 0.759. The number of carboxylic acid groups (broad SMARTS) is 1. The molecular weight excluding hydrogens is 498 g/mol. The van der Waals surface area contributed by atoms with Crippen LogP contribution in [0.5, 0.6) is 0 Å². The first-order valence-electron chi connectivity index (χ1n) is 13.9. The maximum absolute atomic E-state index is 17.3. The van der Waals surface area contributed by atoms with E-state index in [1.165, 1.54) is 19.1 Å². The molecule has 2 N–H and O–H groups in total. The number of aliphatic hydroxyl groups excluding tert-OH is 1. The number of halogens is 2. The monoisotopic (exact) mass is 534 g/mol. The highest BCUT2D eigenvalue weighted by Crippen LogP contribution is 2.71. The van der Waals surface area contributed by atoms with Crippen molar-refractivity contribution in [2.45, 2.75) is 95.4 Å². The smallest absolute Gasteiger partial charge is 0.478 e. The largest absolute Gasteiger partial charge is 0.509 e. The summed E-state index contributed by atoms with van der Waals surface area (Å²) in [6, 6.07) is 0. The minimum atomic E-state index is -2.33. The van der Waals surface area contributed by atoms with Crippen LogP contribution in [0.4, 0.5) is 13.6 Å². The van der Waals surface area contributed by atoms with Gasteiger partial charge in [-0.25, -0.2) is 18.4 Å². The number of aliphatic hydroxyl groups is 1. The van der Waals surface area contributed by atoms with Crippen molar-refractivity contribution < 1.29 is 42.9 Å². The fourth-order valence-electron chi connectivity index (χ4n) is 9.85. The van der Waals surface area contributed by atoms with E-state index in [0.29, 0.717) is 5.92 Å². The topological polar surface area (TPSA) is 110 Å². The summed E-state index contributed by atoms with van der Waals surface area (Å²) in [7, 11) is 0. The molecule has 0 aromatic carbocycles. The van der Waals surface area contributed by atoms with Crippen molar-refractivity contribution in [3.63, 3.8) is 0 Å². The second-order valence-corrected chi connectivity index (χ2v) is 13.2. The van der Waals surface area contributed by atoms with Gasteiger partial charge >= 0.3 is 12.1 Å². The molecule has 9 heteroatoms. The Bertz CT molecular complexity index is 1150. The first-order chi connectivity index (χ1) is 17.8. The molecule has 38 heavy (non-hydrogen) atoms. The lowest BCUT2D eigenvalue weighted by Gasteiger charge is -2.62. The molecule has 6 aliphatic rings. The van der Waals surface area contributed by atoms with Crippen molar-refractivity contribution in [1.29, 1.82) is 0 Å². The van der Waals surface area contributed by atoms with E-state index in [1.807, 2.05) is 0 Å². The van der Waals surface area contributed by atoms with Gasteiger partial charge in [0.15, 0.2) is 11.5 Å². The highest BCUT2D eigenvalue weighted by Gasteiger charge is 2.78. The normalized spacial score (nSPS) is 52.6. The van der Waals surface area contributed by atoms with Crippen molar-refractivity contribution >= 4 is 17.9 Å². The summed E-state index contributed by atoms with van der Waals surface area (Å²) in [6.07, 6.45) is 2.39. The van der Waals surface area contributed by atoms with Crippen LogP contribution in [0.1, 0.15) is 65.7 Å². The lowest BCUT2D eigenvalue weighted by Crippen LogP contribution is -2.71. The van der Waals surface area contributed by atoms with Crippen LogP contribution in [-0.2, 0) is 19.1 Å². The van der Waals surface area contributed by atoms with E-state index in [4.69, 9.17) is 9.47 Å². The predicted molar refractivity (Wildman–Crippen MR) is 130 cm³/mol. The molecule has 6 rings (SSSR count). The summed E-state index contributed by atoms with van der Waals surface area (Å²) >= 11 is 0. The maximum atomic E-state index is 17.3. The summed E-state index contributed by atoms with van der Waals surface area (Å²) in [6.45, 7) is 4.76. The Balaban J connectivity index is 1.36. The highest BCUT2D eigenvalue weighted by atomic mass is 19.1. The molecule has 0 radical (unpaired) electrons. The third-order valence-corrected chi connectivity index (χ3v) is 11.7. The molecule has 6 aliphatic carbocycles. The summed E-state index contributed by atoms with van der Waals surface area (Å²) in [5.41, 5.74) is -7.34. The zero-order valence-electron chi connectivity index (χ0n) is 22.0. The van der Waals surface area contributed by atoms with Gasteiger partial charge in [0.05, 0.1) is 6.10 Å². The number of rotatable bonds is 3. The minimum absolute atomic E-state index is 0.00707. The maximum Gasteiger partial charge on any atom is 0.509 e. The number of hydrogen-bond acceptors (Lipinski definition) is 6. The number of carbonyl (C=O) groups is 3. The van der Waals surface area contributed by atoms with Gasteiger partial charge in [-0.3, -0.25) is 4.79 Å². The van der Waals surface area contributed by atoms with Crippen LogP contribution in [0, 0.1) is 40.4 Å². The number of ketones is 1. The van der Waals surface area contributed by atoms with Crippen LogP contribution >= 0.6 is 0 Å². The quantitative estimate of drug-likeness (QED) is 0.505. The Morgan fingerprint density at radius 3 is 2.47 bits per heavy atom. The number of aliphatic carboxylic acids is 1. The Labute approximate surface area is 220 Å². The van der Waals surface area contributed by atoms with Crippen LogP contribution in [0.2, 0.25) is 0 Å². The van der Waals surface area contributed by atoms with Gasteiger partial charge in [-0.2, -0.15) is 0 Å². The Morgan fingerprint density at radius 2 is 1.84 bits per heavy atom. The second kappa shape index (κ2) is 8.12. The molecule has 0 saturated heterocycles. The van der Waals surface area contributed by atoms with Gasteiger partial charge in [0, 0.05) is 22.7 Å². The second-order valence-electron chi connectivity index (χ2n) is 13.2. The van der Waals surface area contributed by atoms with Crippen molar-refractivity contribution in [3.05, 3.63) is 23.8 Å². The zero-order chi connectivity index (χ0) is 27.4. The molecule has 0 amide bonds. The average Bonchev–Trinajstić information content (AvgIpc) is 3.51. The Morgan fingerprint density at radius 1 is 1.11 bits per heavy atom. The summed E-state index contributed by atoms with van der Waals surface area (Å²) in [5, 5.41) is 22.0. The molecule has 5 fully saturated rings. The molecular formula is C29H36F2O7. The van der Waals surface area contributed by atoms with Crippen LogP contribution in [0.25, 0.3) is 0 Å². The van der Waals surface area contributed by atoms with Crippen molar-refractivity contribution in [2.24, 2.45) is 40.4 Å². The Kier molecular flexibility index (Phi) is 5.54. The lowest BCUT2D eigenvalue weighted by molar-refractivity contribution is -0.232. The van der Waals surface area contributed by atoms with Crippen LogP contribution in [-0.4, -0.2) is 57.8 Å². The van der Waals surface area contributed by atoms with Crippen LogP contribution in [0.15, 0.2) is 23.8 Å². The van der Waals surface area contributed by atoms with Gasteiger partial charge in [0.1, 0.15) is 12.3 Å². The van der Waals surface area contributed by atoms with Gasteiger partial charge in [-0.05, 0) is 87.3 Å². The number of fused-ring (bicyclic) bond motifs is 7. The third-order valence-electron chi connectivity index (χ3n) is 11.7. The van der Waals surface area contributed by atoms with Crippen molar-refractivity contribution in [3.8, 4) is 0 Å². The summed E-state index contributed by atoms with van der Waals surface area (Å²) in [4.78, 5) is 38.1. The summed E-state index contributed by atoms with van der Waals surface area (Å²) < 4.78 is 44.4. The van der Waals surface area contributed by atoms with Crippen LogP contribution < -0.4 is 0 Å². The van der Waals surface area contributed by atoms with E-state index in [2.05, 4.69) is 0 Å². The van der Waals surface area contributed by atoms with E-state index in [9.17, 15) is 24.6 Å². The first kappa shape index (κ1) is 26.0. The highest BCUT2D eigenvalue weighted by molar-refractivity contribution is 6.01. The third kappa shape index (κ3) is 3.05. The molecule has 0 spiro atoms. The van der Waals surface area contributed by atoms with Gasteiger partial charge in [0.25, 0.3) is 0 Å². The number of alkyl halides is 2. The van der Waals surface area contributed by atoms with E-state index < -0.39 is 70.0 Å². The van der Waals surface area contributed by atoms with E-state index in [0.717, 1.165) is 31.8 Å². The Hall–Kier alpha value is -2.29. The first-order valence-corrected chi connectivity index (χ1v) is 13.9. The molecule has 2 bridgehead atoms. The van der Waals surface area contributed by atoms with E-state index >= 15 is 8.78 Å². The number of hydrogen-bond donors (Lipinski definition) is 2. The minimum Gasteiger partial charge on any atom is -0.478 e. The van der Waals surface area contributed by atoms with Crippen LogP contribution in [0.3, 0.4) is 0 Å². The van der Waals surface area contributed by atoms with Gasteiger partial charge < -0.3 is 19.7 Å². The van der Waals surface area contributed by atoms with Gasteiger partial charge in [0.2, 0.25) is 5.60 Å². The molecule has 0 aliphatic heterocycles. The molecule has 208 valence electrons. The number of ether oxygens (including phenoxy) is 2. The molecule has 5 saturated carbocycles. The zero-order valence-corrected chi connectivity index (χ0v) is 22.0. The fourth-order valence-corrected chi connectivity index (χ4v) is 9.85. The standard InChI is InChI=1S/C29H36F2O7/c1-14-8-18-19-12-21(30)20-11-17(32)6-7-26(20,2)28(19,31)23(33)13-27(18,3)29(14,24(34)35)38-25(36)37-22-10-15-4-5-16(22)9-15/h6-7,11,14-16,18-19,21-23,33H,4-5,8-10,12-13H2,1-3H3,(H,34,35)/t14?,15?,16?,18-,19-,21-,22?,23-,26-,27-,28?,29?/m0/s1. The average molecular weight is 535 g/mol. The lowest BCUT2D eigenvalue weighted by atomic mass is 9.44. The molecule has 0 aromatic rings. The summed E-state index contributed by atoms with van der Waals surface area (Å²) in [5.74, 6) is -3.53. The van der Waals surface area contributed by atoms with Gasteiger partial charge in [-0.1, -0.05) is 19.9 Å². The molecule has 12 atom stereocenters. The molecule has 6 unspecified atom stereocenters. The SMILES string of the molecule is CC1C[C@H]2[C@@H]3C[C@H](F)C4=CC(=O)C=C[C@]4(C)C3(F)[C@@H](O)C[C@]2(C)C1(OC(=O)OC1CC2CCC1C2)C(=O)O. The number of carbonyl (C=O) groups excluding carboxylic acids is 2. The van der Waals surface area contributed by atoms with Gasteiger partial charge in [-0.15, -0.1) is 0 Å². The number of allylic oxidation sites excluding steroid dienone is 4. The predicted octanol–water partition coefficient (Wildman–Crippen LogP) is 4.72. The van der Waals surface area contributed by atoms with Crippen molar-refractivity contribution in [2.75, 3.05) is 0 Å². The van der Waals surface area contributed by atoms with E-state index in [-0.39, 0.29) is 36.9 Å².